The molecule has 28 heavy (non-hydrogen) atoms. The van der Waals surface area contributed by atoms with Gasteiger partial charge in [0, 0.05) is 6.42 Å². The van der Waals surface area contributed by atoms with Crippen molar-refractivity contribution in [1.82, 2.24) is 4.57 Å². The summed E-state index contributed by atoms with van der Waals surface area (Å²) in [6, 6.07) is 18.2. The van der Waals surface area contributed by atoms with Crippen molar-refractivity contribution in [2.75, 3.05) is 6.61 Å². The van der Waals surface area contributed by atoms with Gasteiger partial charge in [-0.15, -0.1) is 0 Å². The van der Waals surface area contributed by atoms with Crippen LogP contribution in [-0.2, 0) is 16.0 Å². The van der Waals surface area contributed by atoms with Crippen LogP contribution < -0.4 is 0 Å². The number of hydrogen-bond acceptors (Lipinski definition) is 6. The van der Waals surface area contributed by atoms with E-state index in [1.807, 2.05) is 60.7 Å². The Morgan fingerprint density at radius 1 is 1.21 bits per heavy atom. The Morgan fingerprint density at radius 3 is 2.50 bits per heavy atom. The first-order valence-corrected chi connectivity index (χ1v) is 10.1. The Morgan fingerprint density at radius 2 is 1.86 bits per heavy atom. The molecule has 0 aliphatic carbocycles. The standard InChI is InChI=1S/C21H20N2O3S2/c1-2-26-20(25)17(13-15-9-5-3-6-10-15)23-19(24)18(28-21(23)27)14-22-16-11-7-4-8-12-16/h3-12,14,17,24H,2,13H2,1H3. The van der Waals surface area contributed by atoms with Gasteiger partial charge in [0.25, 0.3) is 0 Å². The second-order valence-corrected chi connectivity index (χ2v) is 7.65. The minimum Gasteiger partial charge on any atom is -0.493 e. The topological polar surface area (TPSA) is 63.8 Å². The van der Waals surface area contributed by atoms with Crippen LogP contribution in [0.15, 0.2) is 65.7 Å². The van der Waals surface area contributed by atoms with E-state index in [2.05, 4.69) is 4.99 Å². The van der Waals surface area contributed by atoms with Gasteiger partial charge in [-0.25, -0.2) is 4.79 Å². The summed E-state index contributed by atoms with van der Waals surface area (Å²) >= 11 is 6.64. The van der Waals surface area contributed by atoms with Crippen LogP contribution in [-0.4, -0.2) is 28.5 Å². The fraction of sp³-hybridized carbons (Fsp3) is 0.190. The molecule has 1 heterocycles. The molecule has 1 atom stereocenters. The van der Waals surface area contributed by atoms with Crippen LogP contribution in [0.5, 0.6) is 5.88 Å². The largest absolute Gasteiger partial charge is 0.493 e. The molecule has 0 saturated carbocycles. The maximum absolute atomic E-state index is 12.6. The zero-order chi connectivity index (χ0) is 19.9. The van der Waals surface area contributed by atoms with Crippen LogP contribution in [0.1, 0.15) is 23.4 Å². The Labute approximate surface area is 172 Å². The summed E-state index contributed by atoms with van der Waals surface area (Å²) in [6.07, 6.45) is 1.93. The molecule has 0 spiro atoms. The number of ether oxygens (including phenoxy) is 1. The molecule has 0 amide bonds. The highest BCUT2D eigenvalue weighted by Crippen LogP contribution is 2.31. The van der Waals surface area contributed by atoms with Crippen LogP contribution in [0.2, 0.25) is 0 Å². The second kappa shape index (κ2) is 9.43. The Balaban J connectivity index is 1.96. The van der Waals surface area contributed by atoms with Crippen molar-refractivity contribution in [2.45, 2.75) is 19.4 Å². The van der Waals surface area contributed by atoms with Gasteiger partial charge < -0.3 is 9.84 Å². The summed E-state index contributed by atoms with van der Waals surface area (Å²) in [6.45, 7) is 2.01. The maximum Gasteiger partial charge on any atom is 0.329 e. The maximum atomic E-state index is 12.6. The van der Waals surface area contributed by atoms with E-state index in [0.29, 0.717) is 15.3 Å². The van der Waals surface area contributed by atoms with E-state index in [1.54, 1.807) is 13.1 Å². The van der Waals surface area contributed by atoms with E-state index in [0.717, 1.165) is 11.3 Å². The molecule has 7 heteroatoms. The highest BCUT2D eigenvalue weighted by atomic mass is 32.1. The number of aromatic hydroxyl groups is 1. The number of aliphatic imine (C=N–C) groups is 1. The third-order valence-corrected chi connectivity index (χ3v) is 5.40. The number of hydrogen-bond donors (Lipinski definition) is 1. The minimum absolute atomic E-state index is 0.0799. The molecule has 0 saturated heterocycles. The molecule has 1 unspecified atom stereocenters. The van der Waals surface area contributed by atoms with Gasteiger partial charge in [0.1, 0.15) is 10.9 Å². The summed E-state index contributed by atoms with van der Waals surface area (Å²) in [4.78, 5) is 17.5. The predicted octanol–water partition coefficient (Wildman–Crippen LogP) is 5.08. The molecule has 0 fully saturated rings. The lowest BCUT2D eigenvalue weighted by Gasteiger charge is -2.18. The monoisotopic (exact) mass is 412 g/mol. The highest BCUT2D eigenvalue weighted by molar-refractivity contribution is 7.73. The lowest BCUT2D eigenvalue weighted by Crippen LogP contribution is -2.24. The van der Waals surface area contributed by atoms with E-state index < -0.39 is 12.0 Å². The van der Waals surface area contributed by atoms with Gasteiger partial charge in [-0.3, -0.25) is 9.56 Å². The number of carbonyl (C=O) groups is 1. The molecule has 2 aromatic carbocycles. The number of rotatable bonds is 7. The molecule has 0 radical (unpaired) electrons. The number of para-hydroxylation sites is 1. The number of esters is 1. The van der Waals surface area contributed by atoms with E-state index in [9.17, 15) is 9.90 Å². The van der Waals surface area contributed by atoms with Gasteiger partial charge in [-0.2, -0.15) is 0 Å². The molecule has 3 aromatic rings. The summed E-state index contributed by atoms with van der Waals surface area (Å²) < 4.78 is 7.08. The van der Waals surface area contributed by atoms with E-state index in [1.165, 1.54) is 15.9 Å². The van der Waals surface area contributed by atoms with Gasteiger partial charge in [0.05, 0.1) is 18.5 Å². The van der Waals surface area contributed by atoms with E-state index in [-0.39, 0.29) is 12.5 Å². The van der Waals surface area contributed by atoms with Crippen molar-refractivity contribution in [2.24, 2.45) is 4.99 Å². The predicted molar refractivity (Wildman–Crippen MR) is 114 cm³/mol. The van der Waals surface area contributed by atoms with E-state index in [4.69, 9.17) is 17.0 Å². The molecule has 1 aromatic heterocycles. The number of nitrogens with zero attached hydrogens (tertiary/aromatic N) is 2. The third kappa shape index (κ3) is 4.74. The van der Waals surface area contributed by atoms with Gasteiger partial charge in [0.15, 0.2) is 3.95 Å². The Bertz CT molecular complexity index is 1010. The molecule has 144 valence electrons. The number of thiazole rings is 1. The van der Waals surface area contributed by atoms with Crippen molar-refractivity contribution in [1.29, 1.82) is 0 Å². The number of benzene rings is 2. The molecule has 1 N–H and O–H groups in total. The van der Waals surface area contributed by atoms with Crippen LogP contribution in [0.4, 0.5) is 5.69 Å². The lowest BCUT2D eigenvalue weighted by molar-refractivity contribution is -0.147. The first-order chi connectivity index (χ1) is 13.6. The quantitative estimate of drug-likeness (QED) is 0.334. The van der Waals surface area contributed by atoms with Crippen LogP contribution in [0.3, 0.4) is 0 Å². The Hall–Kier alpha value is -2.77. The Kier molecular flexibility index (Phi) is 6.73. The van der Waals surface area contributed by atoms with Crippen molar-refractivity contribution in [3.8, 4) is 5.88 Å². The second-order valence-electron chi connectivity index (χ2n) is 5.98. The minimum atomic E-state index is -0.745. The van der Waals surface area contributed by atoms with Crippen LogP contribution in [0, 0.1) is 3.95 Å². The van der Waals surface area contributed by atoms with Gasteiger partial charge in [0.2, 0.25) is 5.88 Å². The normalized spacial score (nSPS) is 12.2. The van der Waals surface area contributed by atoms with E-state index >= 15 is 0 Å². The number of carbonyl (C=O) groups excluding carboxylic acids is 1. The zero-order valence-electron chi connectivity index (χ0n) is 15.3. The SMILES string of the molecule is CCOC(=O)C(Cc1ccccc1)n1c(O)c(C=Nc2ccccc2)sc1=S. The molecular weight excluding hydrogens is 392 g/mol. The van der Waals surface area contributed by atoms with Crippen molar-refractivity contribution in [3.05, 3.63) is 75.1 Å². The van der Waals surface area contributed by atoms with Crippen LogP contribution >= 0.6 is 23.6 Å². The summed E-state index contributed by atoms with van der Waals surface area (Å²) in [5, 5.41) is 10.8. The fourth-order valence-corrected chi connectivity index (χ4v) is 4.03. The fourth-order valence-electron chi connectivity index (χ4n) is 2.76. The molecular formula is C21H20N2O3S2. The molecule has 0 bridgehead atoms. The molecule has 0 aliphatic heterocycles. The van der Waals surface area contributed by atoms with Crippen molar-refractivity contribution in [3.63, 3.8) is 0 Å². The van der Waals surface area contributed by atoms with Crippen molar-refractivity contribution >= 4 is 41.4 Å². The highest BCUT2D eigenvalue weighted by Gasteiger charge is 2.27. The van der Waals surface area contributed by atoms with Gasteiger partial charge >= 0.3 is 5.97 Å². The van der Waals surface area contributed by atoms with Crippen molar-refractivity contribution < 1.29 is 14.6 Å². The van der Waals surface area contributed by atoms with Crippen LogP contribution in [0.25, 0.3) is 0 Å². The van der Waals surface area contributed by atoms with Gasteiger partial charge in [-0.1, -0.05) is 59.9 Å². The summed E-state index contributed by atoms with van der Waals surface area (Å²) in [7, 11) is 0. The summed E-state index contributed by atoms with van der Waals surface area (Å²) in [5.74, 6) is -0.509. The molecule has 5 nitrogen and oxygen atoms in total. The molecule has 3 rings (SSSR count). The smallest absolute Gasteiger partial charge is 0.329 e. The number of aromatic nitrogens is 1. The lowest BCUT2D eigenvalue weighted by atomic mass is 10.1. The average Bonchev–Trinajstić information content (AvgIpc) is 2.99. The third-order valence-electron chi connectivity index (χ3n) is 4.07. The average molecular weight is 413 g/mol. The zero-order valence-corrected chi connectivity index (χ0v) is 17.0. The summed E-state index contributed by atoms with van der Waals surface area (Å²) in [5.41, 5.74) is 1.71. The first kappa shape index (κ1) is 20.0. The van der Waals surface area contributed by atoms with Gasteiger partial charge in [-0.05, 0) is 36.8 Å². The first-order valence-electron chi connectivity index (χ1n) is 8.84. The molecule has 0 aliphatic rings.